The zero-order valence-electron chi connectivity index (χ0n) is 20.4. The summed E-state index contributed by atoms with van der Waals surface area (Å²) in [5, 5.41) is 20.1. The molecule has 0 unspecified atom stereocenters. The lowest BCUT2D eigenvalue weighted by Crippen LogP contribution is -2.47. The Kier molecular flexibility index (Phi) is 6.93. The summed E-state index contributed by atoms with van der Waals surface area (Å²) in [4.78, 5) is 19.7. The van der Waals surface area contributed by atoms with Crippen LogP contribution in [0.4, 0.5) is 5.69 Å². The van der Waals surface area contributed by atoms with Crippen LogP contribution in [0.2, 0.25) is 0 Å². The van der Waals surface area contributed by atoms with Gasteiger partial charge in [-0.2, -0.15) is 0 Å². The van der Waals surface area contributed by atoms with Gasteiger partial charge in [0.15, 0.2) is 16.8 Å². The minimum atomic E-state index is -0.427. The zero-order chi connectivity index (χ0) is 25.1. The molecule has 0 spiro atoms. The van der Waals surface area contributed by atoms with E-state index < -0.39 is 5.75 Å². The van der Waals surface area contributed by atoms with Gasteiger partial charge < -0.3 is 19.5 Å². The summed E-state index contributed by atoms with van der Waals surface area (Å²) in [6, 6.07) is 22.6. The molecule has 0 saturated carbocycles. The van der Waals surface area contributed by atoms with Crippen LogP contribution in [-0.2, 0) is 6.54 Å². The summed E-state index contributed by atoms with van der Waals surface area (Å²) >= 11 is 0. The van der Waals surface area contributed by atoms with Crippen molar-refractivity contribution in [3.05, 3.63) is 88.6 Å². The van der Waals surface area contributed by atoms with Gasteiger partial charge in [0.1, 0.15) is 5.76 Å². The predicted molar refractivity (Wildman–Crippen MR) is 143 cm³/mol. The number of phenolic OH excluding ortho intramolecular Hbond substituents is 2. The third-order valence-electron chi connectivity index (χ3n) is 6.91. The van der Waals surface area contributed by atoms with Crippen LogP contribution in [-0.4, -0.2) is 66.3 Å². The van der Waals surface area contributed by atoms with E-state index in [1.165, 1.54) is 23.8 Å². The lowest BCUT2D eigenvalue weighted by atomic mass is 10.1. The van der Waals surface area contributed by atoms with Gasteiger partial charge in [-0.1, -0.05) is 30.3 Å². The van der Waals surface area contributed by atoms with Gasteiger partial charge >= 0.3 is 0 Å². The third kappa shape index (κ3) is 5.22. The van der Waals surface area contributed by atoms with E-state index in [2.05, 4.69) is 52.1 Å². The van der Waals surface area contributed by atoms with Crippen LogP contribution in [0.15, 0.2) is 82.0 Å². The number of rotatable bonds is 7. The maximum Gasteiger partial charge on any atom is 0.201 e. The molecule has 2 heterocycles. The predicted octanol–water partition coefficient (Wildman–Crippen LogP) is 4.13. The van der Waals surface area contributed by atoms with Gasteiger partial charge in [-0.3, -0.25) is 14.6 Å². The number of hydrogen-bond donors (Lipinski definition) is 2. The average Bonchev–Trinajstić information content (AvgIpc) is 2.91. The average molecular weight is 486 g/mol. The Labute approximate surface area is 210 Å². The maximum absolute atomic E-state index is 12.5. The summed E-state index contributed by atoms with van der Waals surface area (Å²) in [5.41, 5.74) is 2.88. The number of piperazine rings is 1. The first kappa shape index (κ1) is 23.9. The quantitative estimate of drug-likeness (QED) is 0.381. The van der Waals surface area contributed by atoms with Crippen molar-refractivity contribution in [2.75, 3.05) is 51.2 Å². The van der Waals surface area contributed by atoms with Gasteiger partial charge in [0, 0.05) is 70.2 Å². The van der Waals surface area contributed by atoms with Crippen molar-refractivity contribution in [3.8, 4) is 22.8 Å². The molecule has 0 amide bonds. The SMILES string of the molecule is CN(CCN1CCN(Cc2ccccc2)CC1)c1ccc(-c2cc(=O)c3ccc(O)c(O)c3o2)cc1. The first-order valence-corrected chi connectivity index (χ1v) is 12.3. The molecule has 1 saturated heterocycles. The summed E-state index contributed by atoms with van der Waals surface area (Å²) in [6.07, 6.45) is 0. The number of anilines is 1. The second-order valence-corrected chi connectivity index (χ2v) is 9.36. The molecular weight excluding hydrogens is 454 g/mol. The Balaban J connectivity index is 1.17. The Morgan fingerprint density at radius 2 is 1.58 bits per heavy atom. The molecule has 0 bridgehead atoms. The molecule has 7 nitrogen and oxygen atoms in total. The molecule has 0 atom stereocenters. The van der Waals surface area contributed by atoms with E-state index >= 15 is 0 Å². The molecule has 1 aliphatic heterocycles. The molecule has 3 aromatic carbocycles. The van der Waals surface area contributed by atoms with Crippen molar-refractivity contribution >= 4 is 16.7 Å². The van der Waals surface area contributed by atoms with E-state index in [4.69, 9.17) is 4.42 Å². The zero-order valence-corrected chi connectivity index (χ0v) is 20.4. The van der Waals surface area contributed by atoms with Crippen molar-refractivity contribution in [2.24, 2.45) is 0 Å². The van der Waals surface area contributed by atoms with Crippen LogP contribution in [0.25, 0.3) is 22.3 Å². The van der Waals surface area contributed by atoms with E-state index in [9.17, 15) is 15.0 Å². The van der Waals surface area contributed by atoms with Crippen LogP contribution >= 0.6 is 0 Å². The fourth-order valence-electron chi connectivity index (χ4n) is 4.65. The van der Waals surface area contributed by atoms with Gasteiger partial charge in [0.25, 0.3) is 0 Å². The van der Waals surface area contributed by atoms with Gasteiger partial charge in [-0.25, -0.2) is 0 Å². The van der Waals surface area contributed by atoms with Crippen molar-refractivity contribution < 1.29 is 14.6 Å². The van der Waals surface area contributed by atoms with Crippen LogP contribution in [0.1, 0.15) is 5.56 Å². The molecule has 5 rings (SSSR count). The first-order chi connectivity index (χ1) is 17.5. The minimum Gasteiger partial charge on any atom is -0.504 e. The Morgan fingerprint density at radius 1 is 0.889 bits per heavy atom. The molecule has 7 heteroatoms. The molecule has 0 aliphatic carbocycles. The molecule has 186 valence electrons. The Hall–Kier alpha value is -3.81. The summed E-state index contributed by atoms with van der Waals surface area (Å²) in [7, 11) is 2.08. The van der Waals surface area contributed by atoms with E-state index in [-0.39, 0.29) is 22.1 Å². The van der Waals surface area contributed by atoms with E-state index in [1.807, 2.05) is 24.3 Å². The number of aromatic hydroxyl groups is 2. The number of phenols is 2. The summed E-state index contributed by atoms with van der Waals surface area (Å²) in [5.74, 6) is -0.405. The monoisotopic (exact) mass is 485 g/mol. The van der Waals surface area contributed by atoms with Crippen LogP contribution in [0.3, 0.4) is 0 Å². The second kappa shape index (κ2) is 10.4. The van der Waals surface area contributed by atoms with Crippen LogP contribution < -0.4 is 10.3 Å². The maximum atomic E-state index is 12.5. The Morgan fingerprint density at radius 3 is 2.31 bits per heavy atom. The van der Waals surface area contributed by atoms with E-state index in [1.54, 1.807) is 0 Å². The van der Waals surface area contributed by atoms with E-state index in [0.29, 0.717) is 5.76 Å². The number of hydrogen-bond acceptors (Lipinski definition) is 7. The highest BCUT2D eigenvalue weighted by molar-refractivity contribution is 5.86. The summed E-state index contributed by atoms with van der Waals surface area (Å²) < 4.78 is 5.78. The molecule has 36 heavy (non-hydrogen) atoms. The molecule has 0 radical (unpaired) electrons. The number of nitrogens with zero attached hydrogens (tertiary/aromatic N) is 3. The molecule has 1 aliphatic rings. The number of likely N-dealkylation sites (N-methyl/N-ethyl adjacent to an activating group) is 1. The third-order valence-corrected chi connectivity index (χ3v) is 6.91. The fourth-order valence-corrected chi connectivity index (χ4v) is 4.65. The van der Waals surface area contributed by atoms with Crippen molar-refractivity contribution in [1.82, 2.24) is 9.80 Å². The number of benzene rings is 3. The molecule has 4 aromatic rings. The first-order valence-electron chi connectivity index (χ1n) is 12.3. The van der Waals surface area contributed by atoms with Crippen molar-refractivity contribution in [3.63, 3.8) is 0 Å². The van der Waals surface area contributed by atoms with E-state index in [0.717, 1.165) is 57.1 Å². The Bertz CT molecular complexity index is 1380. The van der Waals surface area contributed by atoms with Gasteiger partial charge in [-0.15, -0.1) is 0 Å². The fraction of sp³-hybridized carbons (Fsp3) is 0.276. The molecular formula is C29H31N3O4. The van der Waals surface area contributed by atoms with Gasteiger partial charge in [0.05, 0.1) is 5.39 Å². The lowest BCUT2D eigenvalue weighted by Gasteiger charge is -2.35. The highest BCUT2D eigenvalue weighted by Crippen LogP contribution is 2.34. The largest absolute Gasteiger partial charge is 0.504 e. The van der Waals surface area contributed by atoms with Gasteiger partial charge in [-0.05, 0) is 42.0 Å². The highest BCUT2D eigenvalue weighted by Gasteiger charge is 2.17. The molecule has 1 fully saturated rings. The van der Waals surface area contributed by atoms with Crippen LogP contribution in [0.5, 0.6) is 11.5 Å². The standard InChI is InChI=1S/C29H31N3O4/c1-30(13-14-31-15-17-32(18-16-31)20-21-5-3-2-4-6-21)23-9-7-22(8-10-23)27-19-26(34)24-11-12-25(33)28(35)29(24)36-27/h2-12,19,33,35H,13-18,20H2,1H3. The lowest BCUT2D eigenvalue weighted by molar-refractivity contribution is 0.129. The topological polar surface area (TPSA) is 80.4 Å². The number of fused-ring (bicyclic) bond motifs is 1. The normalized spacial score (nSPS) is 14.8. The molecule has 1 aromatic heterocycles. The highest BCUT2D eigenvalue weighted by atomic mass is 16.4. The second-order valence-electron chi connectivity index (χ2n) is 9.36. The molecule has 2 N–H and O–H groups in total. The van der Waals surface area contributed by atoms with Crippen molar-refractivity contribution in [2.45, 2.75) is 6.54 Å². The minimum absolute atomic E-state index is 0.0115. The van der Waals surface area contributed by atoms with Crippen LogP contribution in [0, 0.1) is 0 Å². The van der Waals surface area contributed by atoms with Gasteiger partial charge in [0.2, 0.25) is 5.75 Å². The van der Waals surface area contributed by atoms with Crippen molar-refractivity contribution in [1.29, 1.82) is 0 Å². The summed E-state index contributed by atoms with van der Waals surface area (Å²) in [6.45, 7) is 7.23. The smallest absolute Gasteiger partial charge is 0.201 e.